The predicted molar refractivity (Wildman–Crippen MR) is 95.5 cm³/mol. The number of urea groups is 1. The van der Waals surface area contributed by atoms with Crippen molar-refractivity contribution in [1.82, 2.24) is 25.2 Å². The summed E-state index contributed by atoms with van der Waals surface area (Å²) in [7, 11) is 0. The van der Waals surface area contributed by atoms with Crippen LogP contribution in [-0.2, 0) is 11.2 Å². The quantitative estimate of drug-likeness (QED) is 0.754. The van der Waals surface area contributed by atoms with Crippen molar-refractivity contribution in [3.05, 3.63) is 30.2 Å². The fourth-order valence-electron chi connectivity index (χ4n) is 3.32. The average molecular weight is 345 g/mol. The number of pyridine rings is 1. The molecule has 1 aliphatic carbocycles. The summed E-state index contributed by atoms with van der Waals surface area (Å²) in [5.41, 5.74) is 0.816. The first-order valence-electron chi connectivity index (χ1n) is 9.16. The molecule has 7 nitrogen and oxygen atoms in total. The summed E-state index contributed by atoms with van der Waals surface area (Å²) < 4.78 is 7.82. The number of aromatic nitrogens is 3. The molecule has 2 N–H and O–H groups in total. The number of carbonyl (C=O) groups is 1. The van der Waals surface area contributed by atoms with E-state index in [9.17, 15) is 4.79 Å². The lowest BCUT2D eigenvalue weighted by Crippen LogP contribution is -2.39. The summed E-state index contributed by atoms with van der Waals surface area (Å²) in [4.78, 5) is 11.8. The van der Waals surface area contributed by atoms with Crippen LogP contribution in [0.3, 0.4) is 0 Å². The fraction of sp³-hybridized carbons (Fsp3) is 0.611. The molecule has 2 heterocycles. The molecule has 0 aliphatic heterocycles. The highest BCUT2D eigenvalue weighted by molar-refractivity contribution is 5.73. The molecule has 1 fully saturated rings. The number of nitrogens with zero attached hydrogens (tertiary/aromatic N) is 3. The molecule has 2 aromatic heterocycles. The minimum Gasteiger partial charge on any atom is -0.376 e. The molecule has 2 atom stereocenters. The third-order valence-electron chi connectivity index (χ3n) is 4.77. The zero-order valence-electron chi connectivity index (χ0n) is 14.8. The molecule has 1 aliphatic rings. The van der Waals surface area contributed by atoms with Gasteiger partial charge in [-0.2, -0.15) is 0 Å². The summed E-state index contributed by atoms with van der Waals surface area (Å²) >= 11 is 0. The molecule has 0 radical (unpaired) electrons. The van der Waals surface area contributed by atoms with Gasteiger partial charge in [0, 0.05) is 25.7 Å². The molecule has 1 saturated carbocycles. The van der Waals surface area contributed by atoms with Crippen LogP contribution in [0.2, 0.25) is 0 Å². The van der Waals surface area contributed by atoms with E-state index in [1.54, 1.807) is 0 Å². The minimum absolute atomic E-state index is 0.172. The van der Waals surface area contributed by atoms with Crippen molar-refractivity contribution in [3.63, 3.8) is 0 Å². The van der Waals surface area contributed by atoms with Gasteiger partial charge < -0.3 is 15.4 Å². The van der Waals surface area contributed by atoms with E-state index in [-0.39, 0.29) is 6.03 Å². The van der Waals surface area contributed by atoms with E-state index < -0.39 is 0 Å². The number of hydrogen-bond acceptors (Lipinski definition) is 4. The number of amides is 2. The van der Waals surface area contributed by atoms with E-state index in [2.05, 4.69) is 27.8 Å². The highest BCUT2D eigenvalue weighted by Gasteiger charge is 2.21. The Bertz CT molecular complexity index is 687. The van der Waals surface area contributed by atoms with Crippen molar-refractivity contribution >= 4 is 11.7 Å². The standard InChI is InChI=1S/C18H27N5O2/c1-14-6-2-3-7-15(14)25-13-11-20-18(24)19-10-9-17-22-21-16-8-4-5-12-23(16)17/h4-5,8,12,14-15H,2-3,6-7,9-11,13H2,1H3,(H2,19,20,24)/t14-,15-/m0/s1. The molecule has 7 heteroatoms. The second-order valence-electron chi connectivity index (χ2n) is 6.65. The zero-order chi connectivity index (χ0) is 17.5. The molecule has 2 aromatic rings. The van der Waals surface area contributed by atoms with Gasteiger partial charge in [0.2, 0.25) is 0 Å². The van der Waals surface area contributed by atoms with E-state index in [1.807, 2.05) is 28.8 Å². The second kappa shape index (κ2) is 8.80. The number of ether oxygens (including phenoxy) is 1. The van der Waals surface area contributed by atoms with E-state index >= 15 is 0 Å². The lowest BCUT2D eigenvalue weighted by molar-refractivity contribution is -0.00242. The van der Waals surface area contributed by atoms with Crippen LogP contribution in [0.5, 0.6) is 0 Å². The summed E-state index contributed by atoms with van der Waals surface area (Å²) in [6.07, 6.45) is 7.85. The summed E-state index contributed by atoms with van der Waals surface area (Å²) in [5.74, 6) is 1.46. The zero-order valence-corrected chi connectivity index (χ0v) is 14.8. The lowest BCUT2D eigenvalue weighted by Gasteiger charge is -2.28. The molecular weight excluding hydrogens is 318 g/mol. The lowest BCUT2D eigenvalue weighted by atomic mass is 9.88. The maximum absolute atomic E-state index is 11.8. The Morgan fingerprint density at radius 2 is 2.08 bits per heavy atom. The van der Waals surface area contributed by atoms with Crippen molar-refractivity contribution < 1.29 is 9.53 Å². The van der Waals surface area contributed by atoms with Crippen LogP contribution in [0.4, 0.5) is 4.79 Å². The molecule has 0 saturated heterocycles. The van der Waals surface area contributed by atoms with Crippen LogP contribution in [0.25, 0.3) is 5.65 Å². The first kappa shape index (κ1) is 17.7. The Hall–Kier alpha value is -2.15. The Kier molecular flexibility index (Phi) is 6.22. The molecule has 0 spiro atoms. The molecule has 0 unspecified atom stereocenters. The first-order chi connectivity index (χ1) is 12.2. The second-order valence-corrected chi connectivity index (χ2v) is 6.65. The van der Waals surface area contributed by atoms with Crippen LogP contribution in [-0.4, -0.2) is 46.4 Å². The third-order valence-corrected chi connectivity index (χ3v) is 4.77. The summed E-state index contributed by atoms with van der Waals surface area (Å²) in [6, 6.07) is 5.60. The Morgan fingerprint density at radius 1 is 1.24 bits per heavy atom. The SMILES string of the molecule is C[C@H]1CCCC[C@@H]1OCCNC(=O)NCCc1nnc2ccccn12. The topological polar surface area (TPSA) is 80.5 Å². The maximum Gasteiger partial charge on any atom is 0.314 e. The third kappa shape index (κ3) is 4.92. The van der Waals surface area contributed by atoms with Crippen LogP contribution in [0.15, 0.2) is 24.4 Å². The fourth-order valence-corrected chi connectivity index (χ4v) is 3.32. The van der Waals surface area contributed by atoms with Crippen LogP contribution in [0.1, 0.15) is 38.4 Å². The molecule has 3 rings (SSSR count). The van der Waals surface area contributed by atoms with E-state index in [0.717, 1.165) is 17.9 Å². The van der Waals surface area contributed by atoms with E-state index in [4.69, 9.17) is 4.74 Å². The largest absolute Gasteiger partial charge is 0.376 e. The highest BCUT2D eigenvalue weighted by Crippen LogP contribution is 2.25. The molecule has 0 bridgehead atoms. The van der Waals surface area contributed by atoms with Gasteiger partial charge in [-0.1, -0.05) is 25.8 Å². The Balaban J connectivity index is 1.30. The molecule has 0 aromatic carbocycles. The van der Waals surface area contributed by atoms with E-state index in [0.29, 0.717) is 38.1 Å². The maximum atomic E-state index is 11.8. The normalized spacial score (nSPS) is 20.5. The number of fused-ring (bicyclic) bond motifs is 1. The Morgan fingerprint density at radius 3 is 2.96 bits per heavy atom. The number of nitrogens with one attached hydrogen (secondary N) is 2. The van der Waals surface area contributed by atoms with Gasteiger partial charge in [0.25, 0.3) is 0 Å². The molecule has 2 amide bonds. The van der Waals surface area contributed by atoms with Crippen molar-refractivity contribution in [3.8, 4) is 0 Å². The van der Waals surface area contributed by atoms with Crippen molar-refractivity contribution in [2.75, 3.05) is 19.7 Å². The number of rotatable bonds is 7. The van der Waals surface area contributed by atoms with Crippen LogP contribution in [0, 0.1) is 5.92 Å². The van der Waals surface area contributed by atoms with Gasteiger partial charge in [-0.3, -0.25) is 4.40 Å². The van der Waals surface area contributed by atoms with Crippen LogP contribution >= 0.6 is 0 Å². The molecule has 25 heavy (non-hydrogen) atoms. The van der Waals surface area contributed by atoms with Crippen molar-refractivity contribution in [2.45, 2.75) is 45.1 Å². The van der Waals surface area contributed by atoms with Gasteiger partial charge in [-0.15, -0.1) is 10.2 Å². The summed E-state index contributed by atoms with van der Waals surface area (Å²) in [5, 5.41) is 13.9. The van der Waals surface area contributed by atoms with Crippen LogP contribution < -0.4 is 10.6 Å². The van der Waals surface area contributed by atoms with Gasteiger partial charge in [-0.05, 0) is 30.9 Å². The van der Waals surface area contributed by atoms with Crippen molar-refractivity contribution in [1.29, 1.82) is 0 Å². The number of hydrogen-bond donors (Lipinski definition) is 2. The average Bonchev–Trinajstić information content (AvgIpc) is 3.03. The first-order valence-corrected chi connectivity index (χ1v) is 9.16. The van der Waals surface area contributed by atoms with E-state index in [1.165, 1.54) is 19.3 Å². The van der Waals surface area contributed by atoms with Gasteiger partial charge in [0.05, 0.1) is 12.7 Å². The van der Waals surface area contributed by atoms with Gasteiger partial charge in [0.15, 0.2) is 5.65 Å². The summed E-state index contributed by atoms with van der Waals surface area (Å²) in [6.45, 7) is 3.86. The molecular formula is C18H27N5O2. The van der Waals surface area contributed by atoms with Gasteiger partial charge in [0.1, 0.15) is 5.82 Å². The molecule has 136 valence electrons. The predicted octanol–water partition coefficient (Wildman–Crippen LogP) is 2.17. The monoisotopic (exact) mass is 345 g/mol. The smallest absolute Gasteiger partial charge is 0.314 e. The van der Waals surface area contributed by atoms with Gasteiger partial charge >= 0.3 is 6.03 Å². The Labute approximate surface area is 148 Å². The highest BCUT2D eigenvalue weighted by atomic mass is 16.5. The minimum atomic E-state index is -0.172. The number of carbonyl (C=O) groups excluding carboxylic acids is 1. The van der Waals surface area contributed by atoms with Crippen molar-refractivity contribution in [2.24, 2.45) is 5.92 Å². The van der Waals surface area contributed by atoms with Gasteiger partial charge in [-0.25, -0.2) is 4.79 Å².